The Morgan fingerprint density at radius 2 is 1.84 bits per heavy atom. The van der Waals surface area contributed by atoms with Gasteiger partial charge in [0.05, 0.1) is 17.9 Å². The fourth-order valence-corrected chi connectivity index (χ4v) is 6.96. The number of likely N-dealkylation sites (tertiary alicyclic amines) is 1. The molecule has 2 aromatic carbocycles. The van der Waals surface area contributed by atoms with Crippen LogP contribution in [-0.4, -0.2) is 46.4 Å². The van der Waals surface area contributed by atoms with Crippen LogP contribution in [0.1, 0.15) is 43.7 Å². The third kappa shape index (κ3) is 4.13. The highest BCUT2D eigenvalue weighted by Gasteiger charge is 2.72. The van der Waals surface area contributed by atoms with Crippen molar-refractivity contribution in [2.45, 2.75) is 69.9 Å². The zero-order valence-electron chi connectivity index (χ0n) is 21.9. The summed E-state index contributed by atoms with van der Waals surface area (Å²) in [7, 11) is 0. The highest BCUT2D eigenvalue weighted by atomic mass is 16.5. The molecule has 2 N–H and O–H groups in total. The standard InChI is InChI=1S/C31H35N3O4/c1-19-9-8-13-22(17-19)32-28(35)25-24-15-16-31(38-24)26(25)30(37)34(18-21-11-4-3-5-12-21)27(31)29(36)33-23-14-7-6-10-20(23)2/h3-5,8-9,11-13,15-17,20,23-27H,6-7,10,14,18H2,1-2H3,(H,32,35)(H,33,36)/t20-,23-,24+,25-,26+,27+,31+/m0/s1. The molecule has 7 heteroatoms. The lowest BCUT2D eigenvalue weighted by atomic mass is 9.74. The minimum atomic E-state index is -1.16. The van der Waals surface area contributed by atoms with Crippen molar-refractivity contribution >= 4 is 23.4 Å². The molecule has 38 heavy (non-hydrogen) atoms. The Hall–Kier alpha value is -3.45. The highest BCUT2D eigenvalue weighted by molar-refractivity contribution is 6.02. The number of nitrogens with zero attached hydrogens (tertiary/aromatic N) is 1. The molecule has 2 saturated heterocycles. The van der Waals surface area contributed by atoms with Crippen LogP contribution in [0.5, 0.6) is 0 Å². The van der Waals surface area contributed by atoms with Crippen LogP contribution in [0, 0.1) is 24.7 Å². The average molecular weight is 514 g/mol. The predicted octanol–water partition coefficient (Wildman–Crippen LogP) is 3.98. The molecule has 3 fully saturated rings. The molecule has 1 aliphatic carbocycles. The molecule has 1 saturated carbocycles. The number of carbonyl (C=O) groups is 3. The Morgan fingerprint density at radius 1 is 1.05 bits per heavy atom. The lowest BCUT2D eigenvalue weighted by Crippen LogP contribution is -2.57. The number of benzene rings is 2. The molecule has 7 nitrogen and oxygen atoms in total. The van der Waals surface area contributed by atoms with Gasteiger partial charge >= 0.3 is 0 Å². The molecule has 0 aromatic heterocycles. The lowest BCUT2D eigenvalue weighted by molar-refractivity contribution is -0.142. The third-order valence-electron chi connectivity index (χ3n) is 8.85. The first kappa shape index (κ1) is 24.9. The van der Waals surface area contributed by atoms with E-state index in [9.17, 15) is 14.4 Å². The number of fused-ring (bicyclic) bond motifs is 1. The van der Waals surface area contributed by atoms with E-state index >= 15 is 0 Å². The Bertz CT molecular complexity index is 1280. The molecular weight excluding hydrogens is 478 g/mol. The summed E-state index contributed by atoms with van der Waals surface area (Å²) < 4.78 is 6.47. The number of nitrogens with one attached hydrogen (secondary N) is 2. The third-order valence-corrected chi connectivity index (χ3v) is 8.85. The van der Waals surface area contributed by atoms with Crippen LogP contribution in [0.2, 0.25) is 0 Å². The molecule has 2 bridgehead atoms. The van der Waals surface area contributed by atoms with E-state index in [4.69, 9.17) is 4.74 Å². The van der Waals surface area contributed by atoms with Gasteiger partial charge in [-0.05, 0) is 48.9 Å². The van der Waals surface area contributed by atoms with Gasteiger partial charge in [-0.2, -0.15) is 0 Å². The van der Waals surface area contributed by atoms with Crippen molar-refractivity contribution in [3.63, 3.8) is 0 Å². The maximum Gasteiger partial charge on any atom is 0.246 e. The summed E-state index contributed by atoms with van der Waals surface area (Å²) in [4.78, 5) is 43.4. The number of hydrogen-bond acceptors (Lipinski definition) is 4. The lowest BCUT2D eigenvalue weighted by Gasteiger charge is -2.36. The Morgan fingerprint density at radius 3 is 2.61 bits per heavy atom. The summed E-state index contributed by atoms with van der Waals surface area (Å²) in [5.41, 5.74) is 1.49. The minimum absolute atomic E-state index is 0.0726. The molecule has 198 valence electrons. The van der Waals surface area contributed by atoms with Crippen molar-refractivity contribution < 1.29 is 19.1 Å². The number of ether oxygens (including phenoxy) is 1. The van der Waals surface area contributed by atoms with Gasteiger partial charge in [0.2, 0.25) is 17.7 Å². The SMILES string of the molecule is Cc1cccc(NC(=O)[C@H]2[C@H]3C=C[C@@]4(O3)[C@H]2C(=O)N(Cc2ccccc2)[C@@H]4C(=O)N[C@H]2CCCC[C@@H]2C)c1. The normalized spacial score (nSPS) is 33.3. The van der Waals surface area contributed by atoms with Crippen LogP contribution in [0.4, 0.5) is 5.69 Å². The van der Waals surface area contributed by atoms with Gasteiger partial charge in [-0.3, -0.25) is 14.4 Å². The van der Waals surface area contributed by atoms with Gasteiger partial charge in [0.15, 0.2) is 0 Å². The smallest absolute Gasteiger partial charge is 0.246 e. The van der Waals surface area contributed by atoms with Crippen LogP contribution in [-0.2, 0) is 25.7 Å². The Balaban J connectivity index is 1.33. The zero-order chi connectivity index (χ0) is 26.4. The largest absolute Gasteiger partial charge is 0.359 e. The van der Waals surface area contributed by atoms with E-state index in [1.165, 1.54) is 6.42 Å². The highest BCUT2D eigenvalue weighted by Crippen LogP contribution is 2.55. The summed E-state index contributed by atoms with van der Waals surface area (Å²) in [5, 5.41) is 6.28. The second kappa shape index (κ2) is 9.70. The van der Waals surface area contributed by atoms with E-state index < -0.39 is 29.6 Å². The number of anilines is 1. The fraction of sp³-hybridized carbons (Fsp3) is 0.452. The van der Waals surface area contributed by atoms with Gasteiger partial charge in [-0.25, -0.2) is 0 Å². The first-order chi connectivity index (χ1) is 18.4. The van der Waals surface area contributed by atoms with Gasteiger partial charge in [-0.15, -0.1) is 0 Å². The van der Waals surface area contributed by atoms with Crippen LogP contribution >= 0.6 is 0 Å². The van der Waals surface area contributed by atoms with E-state index in [0.717, 1.165) is 30.4 Å². The van der Waals surface area contributed by atoms with Gasteiger partial charge < -0.3 is 20.3 Å². The first-order valence-corrected chi connectivity index (χ1v) is 13.8. The molecule has 0 unspecified atom stereocenters. The van der Waals surface area contributed by atoms with Gasteiger partial charge in [-0.1, -0.05) is 74.4 Å². The first-order valence-electron chi connectivity index (χ1n) is 13.8. The molecular formula is C31H35N3O4. The molecule has 3 aliphatic heterocycles. The molecule has 6 rings (SSSR count). The summed E-state index contributed by atoms with van der Waals surface area (Å²) in [5.74, 6) is -1.75. The second-order valence-corrected chi connectivity index (χ2v) is 11.4. The number of hydrogen-bond donors (Lipinski definition) is 2. The van der Waals surface area contributed by atoms with Crippen LogP contribution in [0.25, 0.3) is 0 Å². The summed E-state index contributed by atoms with van der Waals surface area (Å²) >= 11 is 0. The Labute approximate surface area is 223 Å². The zero-order valence-corrected chi connectivity index (χ0v) is 21.9. The maximum absolute atomic E-state index is 14.1. The van der Waals surface area contributed by atoms with Crippen LogP contribution < -0.4 is 10.6 Å². The number of aryl methyl sites for hydroxylation is 1. The summed E-state index contributed by atoms with van der Waals surface area (Å²) in [6.07, 6.45) is 7.46. The van der Waals surface area contributed by atoms with E-state index in [1.54, 1.807) is 4.90 Å². The number of carbonyl (C=O) groups excluding carboxylic acids is 3. The van der Waals surface area contributed by atoms with Gasteiger partial charge in [0.25, 0.3) is 0 Å². The van der Waals surface area contributed by atoms with Crippen molar-refractivity contribution in [1.82, 2.24) is 10.2 Å². The molecule has 7 atom stereocenters. The Kier molecular flexibility index (Phi) is 6.34. The molecule has 4 aliphatic rings. The second-order valence-electron chi connectivity index (χ2n) is 11.4. The van der Waals surface area contributed by atoms with Crippen molar-refractivity contribution in [2.75, 3.05) is 5.32 Å². The topological polar surface area (TPSA) is 87.7 Å². The molecule has 3 heterocycles. The van der Waals surface area contributed by atoms with Crippen molar-refractivity contribution in [3.8, 4) is 0 Å². The molecule has 1 spiro atoms. The van der Waals surface area contributed by atoms with E-state index in [1.807, 2.05) is 73.7 Å². The number of amides is 3. The van der Waals surface area contributed by atoms with E-state index in [0.29, 0.717) is 11.6 Å². The fourth-order valence-electron chi connectivity index (χ4n) is 6.96. The van der Waals surface area contributed by atoms with Crippen molar-refractivity contribution in [1.29, 1.82) is 0 Å². The van der Waals surface area contributed by atoms with Crippen LogP contribution in [0.15, 0.2) is 66.7 Å². The molecule has 3 amide bonds. The van der Waals surface area contributed by atoms with E-state index in [-0.39, 0.29) is 30.3 Å². The summed E-state index contributed by atoms with van der Waals surface area (Å²) in [6.45, 7) is 4.42. The van der Waals surface area contributed by atoms with Crippen molar-refractivity contribution in [3.05, 3.63) is 77.9 Å². The molecule has 2 aromatic rings. The maximum atomic E-state index is 14.1. The average Bonchev–Trinajstić information content (AvgIpc) is 3.54. The predicted molar refractivity (Wildman–Crippen MR) is 144 cm³/mol. The number of rotatable bonds is 6. The quantitative estimate of drug-likeness (QED) is 0.572. The van der Waals surface area contributed by atoms with E-state index in [2.05, 4.69) is 17.6 Å². The van der Waals surface area contributed by atoms with Gasteiger partial charge in [0, 0.05) is 18.3 Å². The summed E-state index contributed by atoms with van der Waals surface area (Å²) in [6, 6.07) is 16.5. The minimum Gasteiger partial charge on any atom is -0.359 e. The van der Waals surface area contributed by atoms with Gasteiger partial charge in [0.1, 0.15) is 11.6 Å². The van der Waals surface area contributed by atoms with Crippen LogP contribution in [0.3, 0.4) is 0 Å². The van der Waals surface area contributed by atoms with Crippen molar-refractivity contribution in [2.24, 2.45) is 17.8 Å². The monoisotopic (exact) mass is 513 g/mol. The molecule has 0 radical (unpaired) electrons.